The number of nitrogens with one attached hydrogen (secondary N) is 1. The number of hydrogen-bond acceptors (Lipinski definition) is 4. The highest BCUT2D eigenvalue weighted by atomic mass is 32.2. The Hall–Kier alpha value is -0.180. The van der Waals surface area contributed by atoms with Crippen LogP contribution in [0.15, 0.2) is 9.81 Å². The van der Waals surface area contributed by atoms with Crippen molar-refractivity contribution in [3.05, 3.63) is 9.81 Å². The van der Waals surface area contributed by atoms with Crippen LogP contribution < -0.4 is 5.32 Å². The average molecular weight is 216 g/mol. The van der Waals surface area contributed by atoms with Gasteiger partial charge < -0.3 is 5.32 Å². The lowest BCUT2D eigenvalue weighted by molar-refractivity contribution is 1.20. The molecule has 0 unspecified atom stereocenters. The summed E-state index contributed by atoms with van der Waals surface area (Å²) in [6.45, 7) is 0. The van der Waals surface area contributed by atoms with Gasteiger partial charge >= 0.3 is 0 Å². The Morgan fingerprint density at radius 3 is 2.58 bits per heavy atom. The molecule has 0 aliphatic carbocycles. The Morgan fingerprint density at radius 1 is 1.58 bits per heavy atom. The number of thiocarbonyl (C=S) groups is 1. The second-order valence-electron chi connectivity index (χ2n) is 2.05. The number of nitrogens with zero attached hydrogens (tertiary/aromatic N) is 1. The van der Waals surface area contributed by atoms with Gasteiger partial charge in [0.25, 0.3) is 0 Å². The van der Waals surface area contributed by atoms with Crippen LogP contribution in [0.1, 0.15) is 0 Å². The van der Waals surface area contributed by atoms with Crippen LogP contribution in [0.3, 0.4) is 0 Å². The van der Waals surface area contributed by atoms with Crippen LogP contribution in [0.4, 0.5) is 0 Å². The number of nitriles is 1. The summed E-state index contributed by atoms with van der Waals surface area (Å²) in [5, 5.41) is 11.6. The SMILES string of the molecule is CNC(=S)C(C#N)=C1SCCS1. The van der Waals surface area contributed by atoms with Gasteiger partial charge in [-0.2, -0.15) is 5.26 Å². The maximum absolute atomic E-state index is 8.83. The normalized spacial score (nSPS) is 15.5. The summed E-state index contributed by atoms with van der Waals surface area (Å²) < 4.78 is 1.07. The first kappa shape index (κ1) is 9.90. The molecule has 0 bridgehead atoms. The van der Waals surface area contributed by atoms with Crippen molar-refractivity contribution in [3.63, 3.8) is 0 Å². The first-order valence-corrected chi connectivity index (χ1v) is 5.79. The fourth-order valence-corrected chi connectivity index (χ4v) is 3.50. The third kappa shape index (κ3) is 2.16. The monoisotopic (exact) mass is 216 g/mol. The molecule has 0 aromatic heterocycles. The maximum Gasteiger partial charge on any atom is 0.118 e. The van der Waals surface area contributed by atoms with E-state index in [0.717, 1.165) is 15.7 Å². The second-order valence-corrected chi connectivity index (χ2v) is 4.93. The van der Waals surface area contributed by atoms with Gasteiger partial charge in [-0.3, -0.25) is 0 Å². The van der Waals surface area contributed by atoms with Crippen LogP contribution in [-0.2, 0) is 0 Å². The lowest BCUT2D eigenvalue weighted by Gasteiger charge is -2.02. The van der Waals surface area contributed by atoms with E-state index in [0.29, 0.717) is 10.6 Å². The maximum atomic E-state index is 8.83. The Morgan fingerprint density at radius 2 is 2.17 bits per heavy atom. The zero-order valence-corrected chi connectivity index (χ0v) is 9.04. The van der Waals surface area contributed by atoms with Crippen molar-refractivity contribution < 1.29 is 0 Å². The average Bonchev–Trinajstić information content (AvgIpc) is 2.58. The zero-order chi connectivity index (χ0) is 8.97. The van der Waals surface area contributed by atoms with E-state index < -0.39 is 0 Å². The minimum absolute atomic E-state index is 0.550. The van der Waals surface area contributed by atoms with Crippen molar-refractivity contribution in [2.45, 2.75) is 0 Å². The molecule has 1 saturated heterocycles. The van der Waals surface area contributed by atoms with Gasteiger partial charge in [0, 0.05) is 18.6 Å². The lowest BCUT2D eigenvalue weighted by Crippen LogP contribution is -2.17. The van der Waals surface area contributed by atoms with E-state index in [4.69, 9.17) is 17.5 Å². The van der Waals surface area contributed by atoms with Crippen molar-refractivity contribution in [1.29, 1.82) is 5.26 Å². The van der Waals surface area contributed by atoms with Gasteiger partial charge in [-0.05, 0) is 0 Å². The molecule has 1 N–H and O–H groups in total. The molecule has 0 saturated carbocycles. The number of likely N-dealkylation sites (N-methyl/N-ethyl adjacent to an activating group) is 1. The highest BCUT2D eigenvalue weighted by molar-refractivity contribution is 8.25. The van der Waals surface area contributed by atoms with Gasteiger partial charge in [0.15, 0.2) is 0 Å². The highest BCUT2D eigenvalue weighted by Gasteiger charge is 2.16. The molecule has 1 heterocycles. The quantitative estimate of drug-likeness (QED) is 0.410. The lowest BCUT2D eigenvalue weighted by atomic mass is 10.3. The molecule has 1 aliphatic heterocycles. The summed E-state index contributed by atoms with van der Waals surface area (Å²) in [5.74, 6) is 2.16. The summed E-state index contributed by atoms with van der Waals surface area (Å²) in [6, 6.07) is 2.13. The van der Waals surface area contributed by atoms with E-state index in [1.165, 1.54) is 0 Å². The molecule has 0 atom stereocenters. The molecular formula is C7H8N2S3. The minimum atomic E-state index is 0.550. The van der Waals surface area contributed by atoms with E-state index in [-0.39, 0.29) is 0 Å². The van der Waals surface area contributed by atoms with Crippen LogP contribution in [-0.4, -0.2) is 23.5 Å². The second kappa shape index (κ2) is 4.75. The van der Waals surface area contributed by atoms with Crippen molar-refractivity contribution >= 4 is 40.7 Å². The Balaban J connectivity index is 2.86. The zero-order valence-electron chi connectivity index (χ0n) is 6.59. The van der Waals surface area contributed by atoms with Crippen molar-refractivity contribution in [1.82, 2.24) is 5.32 Å². The Kier molecular flexibility index (Phi) is 3.92. The summed E-state index contributed by atoms with van der Waals surface area (Å²) in [4.78, 5) is 0.550. The number of thioether (sulfide) groups is 2. The molecule has 1 fully saturated rings. The first-order chi connectivity index (χ1) is 5.79. The fourth-order valence-electron chi connectivity index (χ4n) is 0.769. The van der Waals surface area contributed by atoms with Crippen LogP contribution >= 0.6 is 35.7 Å². The number of rotatable bonds is 1. The largest absolute Gasteiger partial charge is 0.378 e. The summed E-state index contributed by atoms with van der Waals surface area (Å²) in [5.41, 5.74) is 0.625. The van der Waals surface area contributed by atoms with Gasteiger partial charge in [0.1, 0.15) is 16.6 Å². The fraction of sp³-hybridized carbons (Fsp3) is 0.429. The summed E-state index contributed by atoms with van der Waals surface area (Å²) in [6.07, 6.45) is 0. The molecule has 1 aliphatic rings. The molecule has 5 heteroatoms. The van der Waals surface area contributed by atoms with Gasteiger partial charge in [0.2, 0.25) is 0 Å². The topological polar surface area (TPSA) is 35.8 Å². The van der Waals surface area contributed by atoms with Crippen LogP contribution in [0.25, 0.3) is 0 Å². The molecule has 0 amide bonds. The van der Waals surface area contributed by atoms with E-state index in [2.05, 4.69) is 11.4 Å². The first-order valence-electron chi connectivity index (χ1n) is 3.41. The van der Waals surface area contributed by atoms with Crippen LogP contribution in [0.5, 0.6) is 0 Å². The van der Waals surface area contributed by atoms with E-state index in [1.54, 1.807) is 30.6 Å². The van der Waals surface area contributed by atoms with Crippen molar-refractivity contribution in [3.8, 4) is 6.07 Å². The molecule has 0 spiro atoms. The summed E-state index contributed by atoms with van der Waals surface area (Å²) in [7, 11) is 1.74. The predicted octanol–water partition coefficient (Wildman–Crippen LogP) is 1.75. The molecule has 64 valence electrons. The third-order valence-corrected chi connectivity index (χ3v) is 4.44. The number of hydrogen-bond donors (Lipinski definition) is 1. The molecular weight excluding hydrogens is 208 g/mol. The summed E-state index contributed by atoms with van der Waals surface area (Å²) >= 11 is 8.42. The van der Waals surface area contributed by atoms with Crippen molar-refractivity contribution in [2.24, 2.45) is 0 Å². The molecule has 0 aromatic carbocycles. The van der Waals surface area contributed by atoms with Gasteiger partial charge in [-0.1, -0.05) is 12.2 Å². The minimum Gasteiger partial charge on any atom is -0.378 e. The van der Waals surface area contributed by atoms with Crippen molar-refractivity contribution in [2.75, 3.05) is 18.6 Å². The van der Waals surface area contributed by atoms with E-state index in [1.807, 2.05) is 0 Å². The predicted molar refractivity (Wildman–Crippen MR) is 59.2 cm³/mol. The standard InChI is InChI=1S/C7H8N2S3/c1-9-6(10)5(4-8)7-11-2-3-12-7/h2-3H2,1H3,(H,9,10). The molecule has 1 rings (SSSR count). The smallest absolute Gasteiger partial charge is 0.118 e. The Bertz CT molecular complexity index is 256. The van der Waals surface area contributed by atoms with Crippen LogP contribution in [0, 0.1) is 11.3 Å². The van der Waals surface area contributed by atoms with E-state index >= 15 is 0 Å². The molecule has 0 radical (unpaired) electrons. The molecule has 0 aromatic rings. The Labute approximate surface area is 85.8 Å². The van der Waals surface area contributed by atoms with Gasteiger partial charge in [-0.15, -0.1) is 23.5 Å². The molecule has 12 heavy (non-hydrogen) atoms. The highest BCUT2D eigenvalue weighted by Crippen LogP contribution is 2.38. The van der Waals surface area contributed by atoms with Gasteiger partial charge in [-0.25, -0.2) is 0 Å². The van der Waals surface area contributed by atoms with E-state index in [9.17, 15) is 0 Å². The van der Waals surface area contributed by atoms with Crippen LogP contribution in [0.2, 0.25) is 0 Å². The molecule has 2 nitrogen and oxygen atoms in total. The third-order valence-electron chi connectivity index (χ3n) is 1.32. The van der Waals surface area contributed by atoms with Gasteiger partial charge in [0.05, 0.1) is 4.24 Å².